The Labute approximate surface area is 154 Å². The predicted octanol–water partition coefficient (Wildman–Crippen LogP) is 6.32. The van der Waals surface area contributed by atoms with Gasteiger partial charge in [0.15, 0.2) is 0 Å². The molecule has 2 fully saturated rings. The average molecular weight is 351 g/mol. The fourth-order valence-corrected chi connectivity index (χ4v) is 11.9. The molecule has 1 heteroatoms. The van der Waals surface area contributed by atoms with Gasteiger partial charge in [-0.05, 0) is 75.6 Å². The van der Waals surface area contributed by atoms with Crippen LogP contribution < -0.4 is 10.6 Å². The maximum atomic E-state index is 2.48. The Balaban J connectivity index is 1.89. The largest absolute Gasteiger partial charge is 0.0997 e. The van der Waals surface area contributed by atoms with Crippen molar-refractivity contribution in [2.24, 2.45) is 0 Å². The molecule has 4 rings (SSSR count). The highest BCUT2D eigenvalue weighted by Crippen LogP contribution is 2.70. The van der Waals surface area contributed by atoms with Crippen LogP contribution >= 0.6 is 7.26 Å². The minimum atomic E-state index is -1.35. The second-order valence-corrected chi connectivity index (χ2v) is 12.1. The molecular formula is C24H32P+. The first-order valence-electron chi connectivity index (χ1n) is 10.4. The third-order valence-corrected chi connectivity index (χ3v) is 12.3. The molecule has 0 N–H and O–H groups in total. The van der Waals surface area contributed by atoms with Crippen LogP contribution in [-0.4, -0.2) is 11.3 Å². The van der Waals surface area contributed by atoms with Gasteiger partial charge in [0.05, 0.1) is 29.2 Å². The van der Waals surface area contributed by atoms with Gasteiger partial charge in [-0.3, -0.25) is 0 Å². The molecule has 0 radical (unpaired) electrons. The highest BCUT2D eigenvalue weighted by Gasteiger charge is 2.55. The Morgan fingerprint density at radius 2 is 0.840 bits per heavy atom. The van der Waals surface area contributed by atoms with E-state index >= 15 is 0 Å². The van der Waals surface area contributed by atoms with Gasteiger partial charge in [0, 0.05) is 0 Å². The van der Waals surface area contributed by atoms with Crippen LogP contribution in [-0.2, 0) is 0 Å². The summed E-state index contributed by atoms with van der Waals surface area (Å²) >= 11 is 0. The molecule has 0 nitrogen and oxygen atoms in total. The molecule has 0 heterocycles. The van der Waals surface area contributed by atoms with Crippen molar-refractivity contribution in [2.45, 2.75) is 75.5 Å². The second kappa shape index (κ2) is 8.05. The molecule has 0 bridgehead atoms. The standard InChI is InChI=1S/C24H32P/c1-5-13-21(14-6-1)25(22-15-7-2-8-16-22,23-17-9-3-10-18-23)24-19-11-4-12-20-24/h1-2,5-8,13-16,23-24H,3-4,9-12,17-20H2/q+1. The lowest BCUT2D eigenvalue weighted by molar-refractivity contribution is 0.483. The van der Waals surface area contributed by atoms with Crippen LogP contribution in [0.5, 0.6) is 0 Å². The van der Waals surface area contributed by atoms with E-state index in [4.69, 9.17) is 0 Å². The quantitative estimate of drug-likeness (QED) is 0.565. The summed E-state index contributed by atoms with van der Waals surface area (Å²) in [4.78, 5) is 0. The Hall–Kier alpha value is -1.13. The van der Waals surface area contributed by atoms with Gasteiger partial charge in [0.1, 0.15) is 0 Å². The molecule has 0 amide bonds. The van der Waals surface area contributed by atoms with Crippen molar-refractivity contribution in [3.63, 3.8) is 0 Å². The number of rotatable bonds is 4. The van der Waals surface area contributed by atoms with Gasteiger partial charge in [-0.1, -0.05) is 49.2 Å². The van der Waals surface area contributed by atoms with E-state index in [1.165, 1.54) is 64.2 Å². The number of benzene rings is 2. The van der Waals surface area contributed by atoms with Crippen molar-refractivity contribution in [1.82, 2.24) is 0 Å². The number of hydrogen-bond acceptors (Lipinski definition) is 0. The van der Waals surface area contributed by atoms with Gasteiger partial charge in [-0.25, -0.2) is 0 Å². The molecule has 0 atom stereocenters. The first-order valence-corrected chi connectivity index (χ1v) is 12.3. The lowest BCUT2D eigenvalue weighted by Gasteiger charge is -2.43. The molecule has 2 aliphatic carbocycles. The van der Waals surface area contributed by atoms with Crippen molar-refractivity contribution in [3.8, 4) is 0 Å². The van der Waals surface area contributed by atoms with Crippen molar-refractivity contribution in [1.29, 1.82) is 0 Å². The SMILES string of the molecule is c1ccc([P+](c2ccccc2)(C2CCCCC2)C2CCCCC2)cc1. The van der Waals surface area contributed by atoms with E-state index in [1.54, 1.807) is 10.6 Å². The zero-order chi connectivity index (χ0) is 17.0. The van der Waals surface area contributed by atoms with Crippen LogP contribution in [0.25, 0.3) is 0 Å². The maximum absolute atomic E-state index is 2.48. The zero-order valence-electron chi connectivity index (χ0n) is 15.4. The summed E-state index contributed by atoms with van der Waals surface area (Å²) in [5.74, 6) is 0. The summed E-state index contributed by atoms with van der Waals surface area (Å²) in [5.41, 5.74) is 1.82. The van der Waals surface area contributed by atoms with E-state index in [2.05, 4.69) is 60.7 Å². The lowest BCUT2D eigenvalue weighted by atomic mass is 9.99. The fraction of sp³-hybridized carbons (Fsp3) is 0.500. The first kappa shape index (κ1) is 17.3. The van der Waals surface area contributed by atoms with E-state index in [1.807, 2.05) is 0 Å². The Morgan fingerprint density at radius 1 is 0.480 bits per heavy atom. The minimum Gasteiger partial charge on any atom is -0.0620 e. The molecular weight excluding hydrogens is 319 g/mol. The summed E-state index contributed by atoms with van der Waals surface area (Å²) in [6.45, 7) is 0. The molecule has 0 aliphatic heterocycles. The van der Waals surface area contributed by atoms with Gasteiger partial charge < -0.3 is 0 Å². The van der Waals surface area contributed by atoms with Gasteiger partial charge in [-0.15, -0.1) is 0 Å². The minimum absolute atomic E-state index is 0.911. The summed E-state index contributed by atoms with van der Waals surface area (Å²) in [6.07, 6.45) is 14.5. The monoisotopic (exact) mass is 351 g/mol. The molecule has 0 spiro atoms. The summed E-state index contributed by atoms with van der Waals surface area (Å²) in [5, 5.41) is 3.39. The van der Waals surface area contributed by atoms with Crippen molar-refractivity contribution >= 4 is 17.9 Å². The van der Waals surface area contributed by atoms with Crippen LogP contribution in [0.1, 0.15) is 64.2 Å². The number of hydrogen-bond donors (Lipinski definition) is 0. The second-order valence-electron chi connectivity index (χ2n) is 8.03. The normalized spacial score (nSPS) is 20.5. The fourth-order valence-electron chi connectivity index (χ4n) is 5.62. The van der Waals surface area contributed by atoms with Crippen LogP contribution in [0.15, 0.2) is 60.7 Å². The molecule has 132 valence electrons. The molecule has 25 heavy (non-hydrogen) atoms. The van der Waals surface area contributed by atoms with Gasteiger partial charge in [0.2, 0.25) is 0 Å². The van der Waals surface area contributed by atoms with E-state index in [9.17, 15) is 0 Å². The van der Waals surface area contributed by atoms with Crippen molar-refractivity contribution in [2.75, 3.05) is 0 Å². The Bertz CT molecular complexity index is 577. The van der Waals surface area contributed by atoms with Gasteiger partial charge in [-0.2, -0.15) is 0 Å². The highest BCUT2D eigenvalue weighted by atomic mass is 31.2. The summed E-state index contributed by atoms with van der Waals surface area (Å²) in [6, 6.07) is 23.5. The van der Waals surface area contributed by atoms with E-state index in [0.29, 0.717) is 0 Å². The van der Waals surface area contributed by atoms with Crippen LogP contribution in [0.4, 0.5) is 0 Å². The van der Waals surface area contributed by atoms with Crippen LogP contribution in [0.2, 0.25) is 0 Å². The molecule has 2 aliphatic rings. The van der Waals surface area contributed by atoms with Crippen LogP contribution in [0.3, 0.4) is 0 Å². The van der Waals surface area contributed by atoms with E-state index < -0.39 is 7.26 Å². The predicted molar refractivity (Wildman–Crippen MR) is 113 cm³/mol. The third-order valence-electron chi connectivity index (χ3n) is 6.67. The highest BCUT2D eigenvalue weighted by molar-refractivity contribution is 7.90. The average Bonchev–Trinajstić information content (AvgIpc) is 2.72. The summed E-state index contributed by atoms with van der Waals surface area (Å²) < 4.78 is 0. The molecule has 0 saturated heterocycles. The Morgan fingerprint density at radius 3 is 1.20 bits per heavy atom. The third kappa shape index (κ3) is 3.31. The zero-order valence-corrected chi connectivity index (χ0v) is 16.3. The molecule has 2 saturated carbocycles. The first-order chi connectivity index (χ1) is 12.4. The van der Waals surface area contributed by atoms with Crippen molar-refractivity contribution in [3.05, 3.63) is 60.7 Å². The Kier molecular flexibility index (Phi) is 5.57. The van der Waals surface area contributed by atoms with Crippen molar-refractivity contribution < 1.29 is 0 Å². The summed E-state index contributed by atoms with van der Waals surface area (Å²) in [7, 11) is -1.35. The maximum Gasteiger partial charge on any atom is 0.0997 e. The molecule has 0 aromatic heterocycles. The van der Waals surface area contributed by atoms with Crippen LogP contribution in [0, 0.1) is 0 Å². The van der Waals surface area contributed by atoms with E-state index in [0.717, 1.165) is 11.3 Å². The molecule has 2 aromatic carbocycles. The van der Waals surface area contributed by atoms with Gasteiger partial charge >= 0.3 is 0 Å². The lowest BCUT2D eigenvalue weighted by Crippen LogP contribution is -2.40. The smallest absolute Gasteiger partial charge is 0.0620 e. The van der Waals surface area contributed by atoms with Gasteiger partial charge in [0.25, 0.3) is 0 Å². The van der Waals surface area contributed by atoms with E-state index in [-0.39, 0.29) is 0 Å². The molecule has 0 unspecified atom stereocenters. The topological polar surface area (TPSA) is 0 Å². The molecule has 2 aromatic rings.